The van der Waals surface area contributed by atoms with Crippen molar-refractivity contribution in [3.63, 3.8) is 0 Å². The molecule has 2 rings (SSSR count). The second kappa shape index (κ2) is 9.76. The monoisotopic (exact) mass is 368 g/mol. The van der Waals surface area contributed by atoms with E-state index in [1.165, 1.54) is 26.3 Å². The Hall–Kier alpha value is -3.61. The van der Waals surface area contributed by atoms with Crippen LogP contribution in [0.3, 0.4) is 0 Å². The van der Waals surface area contributed by atoms with Crippen LogP contribution in [-0.2, 0) is 14.3 Å². The van der Waals surface area contributed by atoms with Gasteiger partial charge in [0.2, 0.25) is 0 Å². The number of anilines is 1. The fourth-order valence-corrected chi connectivity index (χ4v) is 2.23. The Balaban J connectivity index is 1.87. The normalized spacial score (nSPS) is 10.3. The molecule has 140 valence electrons. The van der Waals surface area contributed by atoms with E-state index in [1.807, 2.05) is 12.1 Å². The second-order valence-corrected chi connectivity index (χ2v) is 5.39. The summed E-state index contributed by atoms with van der Waals surface area (Å²) in [5.41, 5.74) is 1.56. The molecule has 27 heavy (non-hydrogen) atoms. The van der Waals surface area contributed by atoms with Gasteiger partial charge in [0.1, 0.15) is 5.75 Å². The Kier molecular flexibility index (Phi) is 7.13. The maximum absolute atomic E-state index is 11.9. The molecule has 2 amide bonds. The largest absolute Gasteiger partial charge is 0.496 e. The lowest BCUT2D eigenvalue weighted by atomic mass is 10.2. The Morgan fingerprint density at radius 2 is 1.85 bits per heavy atom. The number of methoxy groups -OCH3 is 1. The molecule has 2 aromatic carbocycles. The van der Waals surface area contributed by atoms with Crippen LogP contribution in [0.15, 0.2) is 54.6 Å². The summed E-state index contributed by atoms with van der Waals surface area (Å²) in [7, 11) is 3.06. The standard InChI is InChI=1S/C20H20N2O5/c1-21-20(25)15-7-5-8-16(12-15)22-18(23)13-27-19(24)11-10-14-6-3-4-9-17(14)26-2/h3-12H,13H2,1-2H3,(H,21,25)(H,22,23)/b11-10+. The van der Waals surface area contributed by atoms with Crippen LogP contribution in [0.1, 0.15) is 15.9 Å². The van der Waals surface area contributed by atoms with Crippen molar-refractivity contribution < 1.29 is 23.9 Å². The summed E-state index contributed by atoms with van der Waals surface area (Å²) in [6, 6.07) is 13.6. The zero-order chi connectivity index (χ0) is 19.6. The van der Waals surface area contributed by atoms with E-state index in [4.69, 9.17) is 9.47 Å². The summed E-state index contributed by atoms with van der Waals surface area (Å²) in [5.74, 6) is -0.812. The number of esters is 1. The molecule has 0 fully saturated rings. The van der Waals surface area contributed by atoms with Crippen LogP contribution in [0.4, 0.5) is 5.69 Å². The van der Waals surface area contributed by atoms with Crippen molar-refractivity contribution in [2.75, 3.05) is 26.1 Å². The highest BCUT2D eigenvalue weighted by Crippen LogP contribution is 2.18. The fraction of sp³-hybridized carbons (Fsp3) is 0.150. The van der Waals surface area contributed by atoms with Crippen LogP contribution in [0.25, 0.3) is 6.08 Å². The van der Waals surface area contributed by atoms with Crippen molar-refractivity contribution in [3.05, 3.63) is 65.7 Å². The molecular weight excluding hydrogens is 348 g/mol. The summed E-state index contributed by atoms with van der Waals surface area (Å²) >= 11 is 0. The Morgan fingerprint density at radius 1 is 1.07 bits per heavy atom. The molecule has 0 heterocycles. The van der Waals surface area contributed by atoms with Crippen LogP contribution in [0.5, 0.6) is 5.75 Å². The number of carbonyl (C=O) groups excluding carboxylic acids is 3. The molecule has 7 heteroatoms. The van der Waals surface area contributed by atoms with Crippen LogP contribution >= 0.6 is 0 Å². The number of ether oxygens (including phenoxy) is 2. The van der Waals surface area contributed by atoms with E-state index in [0.717, 1.165) is 0 Å². The average molecular weight is 368 g/mol. The van der Waals surface area contributed by atoms with Gasteiger partial charge < -0.3 is 20.1 Å². The molecule has 0 unspecified atom stereocenters. The van der Waals surface area contributed by atoms with Gasteiger partial charge in [0.15, 0.2) is 6.61 Å². The maximum atomic E-state index is 11.9. The van der Waals surface area contributed by atoms with Crippen molar-refractivity contribution in [2.24, 2.45) is 0 Å². The summed E-state index contributed by atoms with van der Waals surface area (Å²) in [4.78, 5) is 35.3. The summed E-state index contributed by atoms with van der Waals surface area (Å²) < 4.78 is 10.1. The molecule has 0 aliphatic carbocycles. The lowest BCUT2D eigenvalue weighted by Gasteiger charge is -2.07. The van der Waals surface area contributed by atoms with Crippen molar-refractivity contribution in [1.29, 1.82) is 0 Å². The Morgan fingerprint density at radius 3 is 2.59 bits per heavy atom. The molecule has 0 saturated carbocycles. The van der Waals surface area contributed by atoms with Gasteiger partial charge in [-0.3, -0.25) is 9.59 Å². The lowest BCUT2D eigenvalue weighted by molar-refractivity contribution is -0.142. The van der Waals surface area contributed by atoms with Gasteiger partial charge in [0, 0.05) is 29.9 Å². The van der Waals surface area contributed by atoms with Crippen LogP contribution in [-0.4, -0.2) is 38.5 Å². The highest BCUT2D eigenvalue weighted by molar-refractivity contribution is 5.98. The van der Waals surface area contributed by atoms with E-state index >= 15 is 0 Å². The van der Waals surface area contributed by atoms with E-state index < -0.39 is 18.5 Å². The maximum Gasteiger partial charge on any atom is 0.331 e. The summed E-state index contributed by atoms with van der Waals surface area (Å²) in [5, 5.41) is 5.07. The number of para-hydroxylation sites is 1. The number of hydrogen-bond donors (Lipinski definition) is 2. The molecule has 0 saturated heterocycles. The van der Waals surface area contributed by atoms with E-state index in [-0.39, 0.29) is 5.91 Å². The zero-order valence-electron chi connectivity index (χ0n) is 15.0. The topological polar surface area (TPSA) is 93.7 Å². The van der Waals surface area contributed by atoms with Crippen LogP contribution in [0.2, 0.25) is 0 Å². The van der Waals surface area contributed by atoms with Crippen LogP contribution in [0, 0.1) is 0 Å². The van der Waals surface area contributed by atoms with Crippen LogP contribution < -0.4 is 15.4 Å². The third kappa shape index (κ3) is 6.00. The van der Waals surface area contributed by atoms with Crippen molar-refractivity contribution in [3.8, 4) is 5.75 Å². The van der Waals surface area contributed by atoms with Gasteiger partial charge >= 0.3 is 5.97 Å². The van der Waals surface area contributed by atoms with Gasteiger partial charge in [0.05, 0.1) is 7.11 Å². The van der Waals surface area contributed by atoms with Gasteiger partial charge in [-0.1, -0.05) is 24.3 Å². The predicted octanol–water partition coefficient (Wildman–Crippen LogP) is 2.25. The minimum atomic E-state index is -0.657. The van der Waals surface area contributed by atoms with E-state index in [0.29, 0.717) is 22.6 Å². The number of nitrogens with one attached hydrogen (secondary N) is 2. The molecule has 0 radical (unpaired) electrons. The quantitative estimate of drug-likeness (QED) is 0.577. The molecule has 0 aliphatic rings. The number of amides is 2. The minimum Gasteiger partial charge on any atom is -0.496 e. The molecule has 7 nitrogen and oxygen atoms in total. The molecule has 0 spiro atoms. The zero-order valence-corrected chi connectivity index (χ0v) is 15.0. The van der Waals surface area contributed by atoms with Gasteiger partial charge in [-0.2, -0.15) is 0 Å². The van der Waals surface area contributed by atoms with E-state index in [1.54, 1.807) is 36.4 Å². The predicted molar refractivity (Wildman–Crippen MR) is 101 cm³/mol. The average Bonchev–Trinajstić information content (AvgIpc) is 2.70. The highest BCUT2D eigenvalue weighted by Gasteiger charge is 2.08. The lowest BCUT2D eigenvalue weighted by Crippen LogP contribution is -2.21. The first-order chi connectivity index (χ1) is 13.0. The van der Waals surface area contributed by atoms with E-state index in [2.05, 4.69) is 10.6 Å². The molecule has 2 N–H and O–H groups in total. The Labute approximate surface area is 157 Å². The first-order valence-electron chi connectivity index (χ1n) is 8.13. The van der Waals surface area contributed by atoms with Gasteiger partial charge in [0.25, 0.3) is 11.8 Å². The molecule has 0 atom stereocenters. The number of benzene rings is 2. The fourth-order valence-electron chi connectivity index (χ4n) is 2.23. The van der Waals surface area contributed by atoms with Gasteiger partial charge in [-0.25, -0.2) is 4.79 Å². The first-order valence-corrected chi connectivity index (χ1v) is 8.13. The Bertz CT molecular complexity index is 861. The smallest absolute Gasteiger partial charge is 0.331 e. The SMILES string of the molecule is CNC(=O)c1cccc(NC(=O)COC(=O)/C=C/c2ccccc2OC)c1. The van der Waals surface area contributed by atoms with Crippen molar-refractivity contribution in [2.45, 2.75) is 0 Å². The van der Waals surface area contributed by atoms with Crippen molar-refractivity contribution in [1.82, 2.24) is 5.32 Å². The highest BCUT2D eigenvalue weighted by atomic mass is 16.5. The minimum absolute atomic E-state index is 0.265. The third-order valence-corrected chi connectivity index (χ3v) is 3.52. The number of carbonyl (C=O) groups is 3. The molecule has 0 aliphatic heterocycles. The van der Waals surface area contributed by atoms with Gasteiger partial charge in [-0.15, -0.1) is 0 Å². The summed E-state index contributed by atoms with van der Waals surface area (Å²) in [6.45, 7) is -0.445. The molecule has 0 bridgehead atoms. The first kappa shape index (κ1) is 19.7. The molecule has 2 aromatic rings. The number of hydrogen-bond acceptors (Lipinski definition) is 5. The molecule has 0 aromatic heterocycles. The third-order valence-electron chi connectivity index (χ3n) is 3.52. The number of rotatable bonds is 7. The summed E-state index contributed by atoms with van der Waals surface area (Å²) in [6.07, 6.45) is 2.77. The van der Waals surface area contributed by atoms with E-state index in [9.17, 15) is 14.4 Å². The second-order valence-electron chi connectivity index (χ2n) is 5.39. The van der Waals surface area contributed by atoms with Crippen molar-refractivity contribution >= 4 is 29.5 Å². The molecular formula is C20H20N2O5. The van der Waals surface area contributed by atoms with Gasteiger partial charge in [-0.05, 0) is 30.3 Å².